The molecule has 1 N–H and O–H groups in total. The van der Waals surface area contributed by atoms with Crippen molar-refractivity contribution in [2.75, 3.05) is 42.5 Å². The zero-order chi connectivity index (χ0) is 21.1. The topological polar surface area (TPSA) is 99.0 Å². The van der Waals surface area contributed by atoms with Gasteiger partial charge in [-0.1, -0.05) is 18.2 Å². The van der Waals surface area contributed by atoms with Gasteiger partial charge in [-0.25, -0.2) is 4.79 Å². The molecule has 0 aromatic heterocycles. The van der Waals surface area contributed by atoms with Crippen molar-refractivity contribution < 1.29 is 14.5 Å². The molecule has 9 heteroatoms. The molecule has 156 valence electrons. The number of carbonyl (C=O) groups is 2. The summed E-state index contributed by atoms with van der Waals surface area (Å²) in [6.07, 6.45) is 0.295. The Morgan fingerprint density at radius 2 is 1.63 bits per heavy atom. The third kappa shape index (κ3) is 4.19. The molecule has 2 aromatic carbocycles. The molecule has 2 heterocycles. The number of benzene rings is 2. The van der Waals surface area contributed by atoms with Crippen molar-refractivity contribution in [2.45, 2.75) is 12.5 Å². The first-order chi connectivity index (χ1) is 14.5. The lowest BCUT2D eigenvalue weighted by molar-refractivity contribution is -0.384. The van der Waals surface area contributed by atoms with Crippen LogP contribution in [0.3, 0.4) is 0 Å². The average Bonchev–Trinajstić information content (AvgIpc) is 3.14. The van der Waals surface area contributed by atoms with Gasteiger partial charge in [-0.05, 0) is 24.3 Å². The Morgan fingerprint density at radius 3 is 2.27 bits per heavy atom. The standard InChI is InChI=1S/C21H23N5O4/c27-20-14-16(15-25(20)18-4-2-1-3-5-18)22-21(28)24-12-10-23(11-13-24)17-6-8-19(9-7-17)26(29)30/h1-9,16H,10-15H2,(H,22,28)/t16-/m0/s1. The van der Waals surface area contributed by atoms with Crippen LogP contribution < -0.4 is 15.1 Å². The quantitative estimate of drug-likeness (QED) is 0.617. The van der Waals surface area contributed by atoms with E-state index in [2.05, 4.69) is 10.2 Å². The first-order valence-electron chi connectivity index (χ1n) is 9.91. The van der Waals surface area contributed by atoms with Crippen LogP contribution in [0.2, 0.25) is 0 Å². The Kier molecular flexibility index (Phi) is 5.51. The van der Waals surface area contributed by atoms with Crippen molar-refractivity contribution in [1.82, 2.24) is 10.2 Å². The van der Waals surface area contributed by atoms with Gasteiger partial charge in [0.2, 0.25) is 5.91 Å². The van der Waals surface area contributed by atoms with Crippen LogP contribution in [0.15, 0.2) is 54.6 Å². The highest BCUT2D eigenvalue weighted by atomic mass is 16.6. The molecule has 0 unspecified atom stereocenters. The lowest BCUT2D eigenvalue weighted by Crippen LogP contribution is -2.53. The molecular formula is C21H23N5O4. The van der Waals surface area contributed by atoms with Gasteiger partial charge in [0.05, 0.1) is 11.0 Å². The molecule has 2 saturated heterocycles. The fourth-order valence-corrected chi connectivity index (χ4v) is 3.88. The fourth-order valence-electron chi connectivity index (χ4n) is 3.88. The lowest BCUT2D eigenvalue weighted by atomic mass is 10.2. The maximum Gasteiger partial charge on any atom is 0.317 e. The molecule has 1 atom stereocenters. The molecule has 0 aliphatic carbocycles. The van der Waals surface area contributed by atoms with Crippen molar-refractivity contribution in [3.8, 4) is 0 Å². The van der Waals surface area contributed by atoms with E-state index in [1.54, 1.807) is 21.9 Å². The number of para-hydroxylation sites is 1. The zero-order valence-electron chi connectivity index (χ0n) is 16.4. The number of urea groups is 1. The second kappa shape index (κ2) is 8.40. The number of nitro groups is 1. The molecule has 2 aliphatic rings. The Bertz CT molecular complexity index is 926. The maximum absolute atomic E-state index is 12.7. The third-order valence-electron chi connectivity index (χ3n) is 5.51. The monoisotopic (exact) mass is 409 g/mol. The number of piperazine rings is 1. The summed E-state index contributed by atoms with van der Waals surface area (Å²) in [7, 11) is 0. The number of hydrogen-bond donors (Lipinski definition) is 1. The van der Waals surface area contributed by atoms with Crippen LogP contribution in [-0.2, 0) is 4.79 Å². The highest BCUT2D eigenvalue weighted by Gasteiger charge is 2.33. The summed E-state index contributed by atoms with van der Waals surface area (Å²) < 4.78 is 0. The number of amides is 3. The highest BCUT2D eigenvalue weighted by Crippen LogP contribution is 2.22. The SMILES string of the molecule is O=C(N[C@H]1CC(=O)N(c2ccccc2)C1)N1CCN(c2ccc([N+](=O)[O-])cc2)CC1. The van der Waals surface area contributed by atoms with Crippen LogP contribution in [-0.4, -0.2) is 60.5 Å². The molecule has 0 spiro atoms. The molecule has 2 aliphatic heterocycles. The molecule has 0 bridgehead atoms. The minimum atomic E-state index is -0.418. The molecular weight excluding hydrogens is 386 g/mol. The van der Waals surface area contributed by atoms with E-state index in [0.29, 0.717) is 39.1 Å². The summed E-state index contributed by atoms with van der Waals surface area (Å²) in [5.74, 6) is 0.00879. The van der Waals surface area contributed by atoms with E-state index in [-0.39, 0.29) is 23.7 Å². The van der Waals surface area contributed by atoms with Crippen LogP contribution >= 0.6 is 0 Å². The van der Waals surface area contributed by atoms with Gasteiger partial charge in [-0.2, -0.15) is 0 Å². The number of anilines is 2. The summed E-state index contributed by atoms with van der Waals surface area (Å²) in [6.45, 7) is 2.85. The van der Waals surface area contributed by atoms with E-state index in [9.17, 15) is 19.7 Å². The predicted molar refractivity (Wildman–Crippen MR) is 113 cm³/mol. The van der Waals surface area contributed by atoms with Gasteiger partial charge < -0.3 is 20.0 Å². The predicted octanol–water partition coefficient (Wildman–Crippen LogP) is 2.23. The minimum absolute atomic E-state index is 0.00879. The van der Waals surface area contributed by atoms with Gasteiger partial charge in [0, 0.05) is 62.7 Å². The highest BCUT2D eigenvalue weighted by molar-refractivity contribution is 5.96. The number of hydrogen-bond acceptors (Lipinski definition) is 5. The van der Waals surface area contributed by atoms with E-state index >= 15 is 0 Å². The van der Waals surface area contributed by atoms with E-state index in [4.69, 9.17) is 0 Å². The van der Waals surface area contributed by atoms with E-state index in [0.717, 1.165) is 11.4 Å². The number of rotatable bonds is 4. The molecule has 3 amide bonds. The minimum Gasteiger partial charge on any atom is -0.368 e. The number of nitrogens with one attached hydrogen (secondary N) is 1. The van der Waals surface area contributed by atoms with Crippen molar-refractivity contribution in [1.29, 1.82) is 0 Å². The second-order valence-corrected chi connectivity index (χ2v) is 7.44. The first-order valence-corrected chi connectivity index (χ1v) is 9.91. The van der Waals surface area contributed by atoms with Crippen LogP contribution in [0.25, 0.3) is 0 Å². The van der Waals surface area contributed by atoms with Gasteiger partial charge in [-0.3, -0.25) is 14.9 Å². The number of nitrogens with zero attached hydrogens (tertiary/aromatic N) is 4. The van der Waals surface area contributed by atoms with Crippen molar-refractivity contribution >= 4 is 29.0 Å². The van der Waals surface area contributed by atoms with Crippen LogP contribution in [0.1, 0.15) is 6.42 Å². The van der Waals surface area contributed by atoms with Gasteiger partial charge in [0.1, 0.15) is 0 Å². The summed E-state index contributed by atoms with van der Waals surface area (Å²) in [6, 6.07) is 15.5. The first kappa shape index (κ1) is 19.7. The average molecular weight is 409 g/mol. The normalized spacial score (nSPS) is 19.1. The molecule has 0 radical (unpaired) electrons. The zero-order valence-corrected chi connectivity index (χ0v) is 16.4. The van der Waals surface area contributed by atoms with E-state index in [1.165, 1.54) is 12.1 Å². The van der Waals surface area contributed by atoms with Crippen LogP contribution in [0, 0.1) is 10.1 Å². The summed E-state index contributed by atoms with van der Waals surface area (Å²) in [5.41, 5.74) is 1.81. The Morgan fingerprint density at radius 1 is 0.967 bits per heavy atom. The second-order valence-electron chi connectivity index (χ2n) is 7.44. The van der Waals surface area contributed by atoms with Gasteiger partial charge in [0.15, 0.2) is 0 Å². The Hall–Kier alpha value is -3.62. The van der Waals surface area contributed by atoms with Crippen LogP contribution in [0.5, 0.6) is 0 Å². The van der Waals surface area contributed by atoms with Gasteiger partial charge in [-0.15, -0.1) is 0 Å². The Labute approximate surface area is 174 Å². The molecule has 30 heavy (non-hydrogen) atoms. The molecule has 0 saturated carbocycles. The van der Waals surface area contributed by atoms with Crippen molar-refractivity contribution in [3.63, 3.8) is 0 Å². The molecule has 4 rings (SSSR count). The van der Waals surface area contributed by atoms with E-state index in [1.807, 2.05) is 30.3 Å². The van der Waals surface area contributed by atoms with Gasteiger partial charge in [0.25, 0.3) is 5.69 Å². The summed E-state index contributed by atoms with van der Waals surface area (Å²) in [4.78, 5) is 40.9. The molecule has 2 fully saturated rings. The third-order valence-corrected chi connectivity index (χ3v) is 5.51. The number of non-ortho nitro benzene ring substituents is 1. The number of carbonyl (C=O) groups excluding carboxylic acids is 2. The lowest BCUT2D eigenvalue weighted by Gasteiger charge is -2.36. The summed E-state index contributed by atoms with van der Waals surface area (Å²) >= 11 is 0. The fraction of sp³-hybridized carbons (Fsp3) is 0.333. The number of nitro benzene ring substituents is 1. The van der Waals surface area contributed by atoms with Crippen molar-refractivity contribution in [2.24, 2.45) is 0 Å². The maximum atomic E-state index is 12.7. The van der Waals surface area contributed by atoms with E-state index < -0.39 is 4.92 Å². The smallest absolute Gasteiger partial charge is 0.317 e. The van der Waals surface area contributed by atoms with Crippen LogP contribution in [0.4, 0.5) is 21.9 Å². The largest absolute Gasteiger partial charge is 0.368 e. The Balaban J connectivity index is 1.28. The molecule has 9 nitrogen and oxygen atoms in total. The summed E-state index contributed by atoms with van der Waals surface area (Å²) in [5, 5.41) is 13.8. The molecule has 2 aromatic rings. The van der Waals surface area contributed by atoms with Crippen molar-refractivity contribution in [3.05, 3.63) is 64.7 Å². The van der Waals surface area contributed by atoms with Gasteiger partial charge >= 0.3 is 6.03 Å².